The van der Waals surface area contributed by atoms with Crippen molar-refractivity contribution in [2.24, 2.45) is 0 Å². The predicted molar refractivity (Wildman–Crippen MR) is 83.8 cm³/mol. The molecular formula is C14H20BrN3O2. The number of hydrogen-bond acceptors (Lipinski definition) is 4. The molecule has 1 saturated heterocycles. The lowest BCUT2D eigenvalue weighted by Gasteiger charge is -2.40. The zero-order valence-corrected chi connectivity index (χ0v) is 13.5. The third kappa shape index (κ3) is 3.79. The van der Waals surface area contributed by atoms with Gasteiger partial charge in [0.15, 0.2) is 0 Å². The predicted octanol–water partition coefficient (Wildman–Crippen LogP) is 3.06. The first-order valence-corrected chi connectivity index (χ1v) is 7.33. The molecule has 1 aliphatic heterocycles. The van der Waals surface area contributed by atoms with E-state index in [9.17, 15) is 4.79 Å². The van der Waals surface area contributed by atoms with Crippen molar-refractivity contribution in [1.29, 1.82) is 0 Å². The highest BCUT2D eigenvalue weighted by Crippen LogP contribution is 2.25. The van der Waals surface area contributed by atoms with Gasteiger partial charge in [0, 0.05) is 17.6 Å². The fraction of sp³-hybridized carbons (Fsp3) is 0.500. The average Bonchev–Trinajstić information content (AvgIpc) is 2.22. The Kier molecular flexibility index (Phi) is 4.13. The molecule has 1 aromatic carbocycles. The second-order valence-electron chi connectivity index (χ2n) is 5.96. The second-order valence-corrected chi connectivity index (χ2v) is 6.87. The van der Waals surface area contributed by atoms with E-state index >= 15 is 0 Å². The maximum atomic E-state index is 11.8. The number of nitrogen functional groups attached to an aromatic ring is 1. The van der Waals surface area contributed by atoms with Gasteiger partial charge in [0.25, 0.3) is 0 Å². The minimum Gasteiger partial charge on any atom is -0.444 e. The highest BCUT2D eigenvalue weighted by Gasteiger charge is 2.33. The average molecular weight is 342 g/mol. The summed E-state index contributed by atoms with van der Waals surface area (Å²) in [5.74, 6) is 0. The van der Waals surface area contributed by atoms with Crippen LogP contribution in [-0.4, -0.2) is 35.7 Å². The first-order valence-electron chi connectivity index (χ1n) is 6.54. The lowest BCUT2D eigenvalue weighted by atomic mass is 10.1. The highest BCUT2D eigenvalue weighted by atomic mass is 79.9. The highest BCUT2D eigenvalue weighted by molar-refractivity contribution is 9.10. The second kappa shape index (κ2) is 5.52. The smallest absolute Gasteiger partial charge is 0.410 e. The van der Waals surface area contributed by atoms with E-state index in [1.54, 1.807) is 4.90 Å². The van der Waals surface area contributed by atoms with Gasteiger partial charge in [0.05, 0.1) is 17.4 Å². The molecule has 0 aliphatic carbocycles. The van der Waals surface area contributed by atoms with Crippen molar-refractivity contribution < 1.29 is 9.53 Å². The standard InChI is InChI=1S/C14H20BrN3O2/c1-14(2,3)20-13(19)18-7-10(8-18)17-12-5-4-9(15)6-11(12)16/h4-6,10,17H,7-8,16H2,1-3H3. The summed E-state index contributed by atoms with van der Waals surface area (Å²) in [7, 11) is 0. The first kappa shape index (κ1) is 15.0. The molecular weight excluding hydrogens is 322 g/mol. The molecule has 1 aliphatic rings. The Hall–Kier alpha value is -1.43. The topological polar surface area (TPSA) is 67.6 Å². The van der Waals surface area contributed by atoms with E-state index in [4.69, 9.17) is 10.5 Å². The number of benzene rings is 1. The van der Waals surface area contributed by atoms with Crippen LogP contribution in [0.5, 0.6) is 0 Å². The van der Waals surface area contributed by atoms with Gasteiger partial charge in [-0.3, -0.25) is 0 Å². The van der Waals surface area contributed by atoms with Crippen molar-refractivity contribution in [1.82, 2.24) is 4.90 Å². The maximum Gasteiger partial charge on any atom is 0.410 e. The molecule has 0 atom stereocenters. The molecule has 110 valence electrons. The fourth-order valence-corrected chi connectivity index (χ4v) is 2.31. The zero-order valence-electron chi connectivity index (χ0n) is 11.9. The molecule has 1 fully saturated rings. The molecule has 3 N–H and O–H groups in total. The summed E-state index contributed by atoms with van der Waals surface area (Å²) < 4.78 is 6.26. The summed E-state index contributed by atoms with van der Waals surface area (Å²) in [5.41, 5.74) is 7.06. The number of hydrogen-bond donors (Lipinski definition) is 2. The van der Waals surface area contributed by atoms with Crippen LogP contribution in [0.25, 0.3) is 0 Å². The van der Waals surface area contributed by atoms with Gasteiger partial charge in [-0.15, -0.1) is 0 Å². The van der Waals surface area contributed by atoms with E-state index in [2.05, 4.69) is 21.2 Å². The van der Waals surface area contributed by atoms with E-state index in [0.29, 0.717) is 18.8 Å². The van der Waals surface area contributed by atoms with Gasteiger partial charge in [0.1, 0.15) is 5.60 Å². The van der Waals surface area contributed by atoms with Gasteiger partial charge in [-0.1, -0.05) is 15.9 Å². The molecule has 0 unspecified atom stereocenters. The molecule has 0 radical (unpaired) electrons. The van der Waals surface area contributed by atoms with Crippen LogP contribution in [0.1, 0.15) is 20.8 Å². The SMILES string of the molecule is CC(C)(C)OC(=O)N1CC(Nc2ccc(Br)cc2N)C1. The van der Waals surface area contributed by atoms with Gasteiger partial charge in [-0.05, 0) is 39.0 Å². The number of nitrogens with one attached hydrogen (secondary N) is 1. The van der Waals surface area contributed by atoms with E-state index in [1.807, 2.05) is 39.0 Å². The van der Waals surface area contributed by atoms with Crippen LogP contribution in [0, 0.1) is 0 Å². The molecule has 0 spiro atoms. The molecule has 5 nitrogen and oxygen atoms in total. The first-order chi connectivity index (χ1) is 9.24. The summed E-state index contributed by atoms with van der Waals surface area (Å²) in [6.45, 7) is 6.85. The molecule has 20 heavy (non-hydrogen) atoms. The summed E-state index contributed by atoms with van der Waals surface area (Å²) in [4.78, 5) is 13.5. The number of carbonyl (C=O) groups is 1. The van der Waals surface area contributed by atoms with Crippen LogP contribution in [0.15, 0.2) is 22.7 Å². The Morgan fingerprint density at radius 1 is 1.45 bits per heavy atom. The molecule has 0 aromatic heterocycles. The van der Waals surface area contributed by atoms with E-state index in [-0.39, 0.29) is 12.1 Å². The quantitative estimate of drug-likeness (QED) is 0.811. The number of carbonyl (C=O) groups excluding carboxylic acids is 1. The Morgan fingerprint density at radius 3 is 2.65 bits per heavy atom. The largest absolute Gasteiger partial charge is 0.444 e. The van der Waals surface area contributed by atoms with Crippen molar-refractivity contribution in [2.45, 2.75) is 32.4 Å². The number of anilines is 2. The van der Waals surface area contributed by atoms with Crippen molar-refractivity contribution >= 4 is 33.4 Å². The summed E-state index contributed by atoms with van der Waals surface area (Å²) >= 11 is 3.37. The number of nitrogens with two attached hydrogens (primary N) is 1. The molecule has 0 bridgehead atoms. The van der Waals surface area contributed by atoms with Crippen LogP contribution >= 0.6 is 15.9 Å². The minimum atomic E-state index is -0.453. The Bertz CT molecular complexity index is 508. The van der Waals surface area contributed by atoms with Crippen LogP contribution in [-0.2, 0) is 4.74 Å². The minimum absolute atomic E-state index is 0.214. The summed E-state index contributed by atoms with van der Waals surface area (Å²) in [6, 6.07) is 5.93. The number of halogens is 1. The Morgan fingerprint density at radius 2 is 2.10 bits per heavy atom. The monoisotopic (exact) mass is 341 g/mol. The molecule has 1 aromatic rings. The van der Waals surface area contributed by atoms with Gasteiger partial charge in [-0.25, -0.2) is 4.79 Å². The lowest BCUT2D eigenvalue weighted by molar-refractivity contribution is 0.0105. The van der Waals surface area contributed by atoms with Gasteiger partial charge < -0.3 is 20.7 Å². The fourth-order valence-electron chi connectivity index (χ4n) is 1.93. The third-order valence-corrected chi connectivity index (χ3v) is 3.40. The normalized spacial score (nSPS) is 15.7. The van der Waals surface area contributed by atoms with Crippen molar-refractivity contribution in [3.8, 4) is 0 Å². The van der Waals surface area contributed by atoms with E-state index in [0.717, 1.165) is 10.2 Å². The zero-order chi connectivity index (χ0) is 14.9. The Balaban J connectivity index is 1.83. The number of nitrogens with zero attached hydrogens (tertiary/aromatic N) is 1. The maximum absolute atomic E-state index is 11.8. The van der Waals surface area contributed by atoms with Crippen molar-refractivity contribution in [3.63, 3.8) is 0 Å². The van der Waals surface area contributed by atoms with Gasteiger partial charge in [0.2, 0.25) is 0 Å². The van der Waals surface area contributed by atoms with Crippen molar-refractivity contribution in [2.75, 3.05) is 24.1 Å². The summed E-state index contributed by atoms with van der Waals surface area (Å²) in [5, 5.41) is 3.33. The van der Waals surface area contributed by atoms with Crippen LogP contribution in [0.2, 0.25) is 0 Å². The van der Waals surface area contributed by atoms with E-state index < -0.39 is 5.60 Å². The number of likely N-dealkylation sites (tertiary alicyclic amines) is 1. The number of rotatable bonds is 2. The Labute approximate surface area is 127 Å². The van der Waals surface area contributed by atoms with Crippen LogP contribution < -0.4 is 11.1 Å². The molecule has 1 heterocycles. The molecule has 1 amide bonds. The summed E-state index contributed by atoms with van der Waals surface area (Å²) in [6.07, 6.45) is -0.265. The number of ether oxygens (including phenoxy) is 1. The third-order valence-electron chi connectivity index (χ3n) is 2.91. The van der Waals surface area contributed by atoms with Crippen molar-refractivity contribution in [3.05, 3.63) is 22.7 Å². The van der Waals surface area contributed by atoms with Gasteiger partial charge >= 0.3 is 6.09 Å². The van der Waals surface area contributed by atoms with E-state index in [1.165, 1.54) is 0 Å². The van der Waals surface area contributed by atoms with Gasteiger partial charge in [-0.2, -0.15) is 0 Å². The van der Waals surface area contributed by atoms with Crippen LogP contribution in [0.4, 0.5) is 16.2 Å². The van der Waals surface area contributed by atoms with Crippen LogP contribution in [0.3, 0.4) is 0 Å². The lowest BCUT2D eigenvalue weighted by Crippen LogP contribution is -2.57. The number of amides is 1. The molecule has 0 saturated carbocycles. The molecule has 2 rings (SSSR count). The molecule has 6 heteroatoms.